The van der Waals surface area contributed by atoms with Crippen LogP contribution in [0.4, 0.5) is 0 Å². The second kappa shape index (κ2) is 6.35. The molecule has 1 fully saturated rings. The van der Waals surface area contributed by atoms with Crippen molar-refractivity contribution in [1.82, 2.24) is 4.90 Å². The van der Waals surface area contributed by atoms with Crippen LogP contribution in [0.5, 0.6) is 0 Å². The lowest BCUT2D eigenvalue weighted by Crippen LogP contribution is -2.31. The molecule has 1 radical (unpaired) electrons. The van der Waals surface area contributed by atoms with Gasteiger partial charge in [-0.3, -0.25) is 0 Å². The summed E-state index contributed by atoms with van der Waals surface area (Å²) in [7, 11) is 0. The average Bonchev–Trinajstić information content (AvgIpc) is 2.65. The number of unbranched alkanes of at least 4 members (excludes halogenated alkanes) is 1. The van der Waals surface area contributed by atoms with Crippen LogP contribution >= 0.6 is 0 Å². The molecule has 77 valence electrons. The first kappa shape index (κ1) is 11.0. The Labute approximate surface area is 81.0 Å². The van der Waals surface area contributed by atoms with E-state index in [9.17, 15) is 0 Å². The van der Waals surface area contributed by atoms with Crippen LogP contribution in [0.2, 0.25) is 0 Å². The Morgan fingerprint density at radius 3 is 2.31 bits per heavy atom. The average molecular weight is 186 g/mol. The number of rotatable bonds is 6. The smallest absolute Gasteiger partial charge is 0.303 e. The molecule has 0 amide bonds. The van der Waals surface area contributed by atoms with E-state index in [1.165, 1.54) is 12.8 Å². The fourth-order valence-corrected chi connectivity index (χ4v) is 1.40. The summed E-state index contributed by atoms with van der Waals surface area (Å²) >= 11 is 0. The van der Waals surface area contributed by atoms with Crippen molar-refractivity contribution in [2.24, 2.45) is 0 Å². The standard InChI is InChI=1S/C10H20NO2/c1-3-5-7-11(6-4-2)10-12-8-9-13-10/h3-9H2,1-2H3. The third-order valence-electron chi connectivity index (χ3n) is 2.07. The maximum atomic E-state index is 5.39. The topological polar surface area (TPSA) is 21.7 Å². The highest BCUT2D eigenvalue weighted by Crippen LogP contribution is 2.18. The van der Waals surface area contributed by atoms with Gasteiger partial charge in [0.1, 0.15) is 0 Å². The molecule has 0 aromatic heterocycles. The molecule has 0 atom stereocenters. The molecule has 1 heterocycles. The molecule has 0 bridgehead atoms. The number of hydrogen-bond acceptors (Lipinski definition) is 3. The maximum absolute atomic E-state index is 5.39. The largest absolute Gasteiger partial charge is 0.329 e. The molecule has 1 aliphatic rings. The number of ether oxygens (including phenoxy) is 2. The van der Waals surface area contributed by atoms with E-state index in [1.807, 2.05) is 0 Å². The summed E-state index contributed by atoms with van der Waals surface area (Å²) in [6.45, 7) is 7.89. The Balaban J connectivity index is 2.26. The highest BCUT2D eigenvalue weighted by molar-refractivity contribution is 4.72. The van der Waals surface area contributed by atoms with E-state index in [-0.39, 0.29) is 0 Å². The molecule has 0 aromatic rings. The van der Waals surface area contributed by atoms with Gasteiger partial charge in [-0.1, -0.05) is 20.3 Å². The van der Waals surface area contributed by atoms with Gasteiger partial charge in [0, 0.05) is 13.1 Å². The highest BCUT2D eigenvalue weighted by atomic mass is 16.7. The van der Waals surface area contributed by atoms with Crippen molar-refractivity contribution in [2.45, 2.75) is 33.1 Å². The molecule has 13 heavy (non-hydrogen) atoms. The fraction of sp³-hybridized carbons (Fsp3) is 0.900. The molecule has 1 rings (SSSR count). The molecular weight excluding hydrogens is 166 g/mol. The van der Waals surface area contributed by atoms with Crippen molar-refractivity contribution in [1.29, 1.82) is 0 Å². The van der Waals surface area contributed by atoms with E-state index in [0.29, 0.717) is 13.2 Å². The first-order valence-electron chi connectivity index (χ1n) is 5.26. The van der Waals surface area contributed by atoms with Crippen LogP contribution in [0, 0.1) is 6.41 Å². The SMILES string of the molecule is CCCCN(CCC)[C]1OCCO1. The van der Waals surface area contributed by atoms with Gasteiger partial charge in [0.05, 0.1) is 13.2 Å². The first-order valence-corrected chi connectivity index (χ1v) is 5.26. The van der Waals surface area contributed by atoms with Crippen molar-refractivity contribution in [3.8, 4) is 0 Å². The quantitative estimate of drug-likeness (QED) is 0.633. The molecule has 3 nitrogen and oxygen atoms in total. The van der Waals surface area contributed by atoms with Gasteiger partial charge < -0.3 is 9.47 Å². The molecule has 0 saturated carbocycles. The van der Waals surface area contributed by atoms with Crippen molar-refractivity contribution in [3.05, 3.63) is 6.41 Å². The second-order valence-electron chi connectivity index (χ2n) is 3.30. The third-order valence-corrected chi connectivity index (χ3v) is 2.07. The van der Waals surface area contributed by atoms with Gasteiger partial charge in [-0.15, -0.1) is 0 Å². The van der Waals surface area contributed by atoms with Crippen LogP contribution in [0.1, 0.15) is 33.1 Å². The van der Waals surface area contributed by atoms with Crippen LogP contribution in [-0.4, -0.2) is 31.2 Å². The van der Waals surface area contributed by atoms with E-state index in [1.54, 1.807) is 0 Å². The van der Waals surface area contributed by atoms with E-state index in [0.717, 1.165) is 25.9 Å². The Morgan fingerprint density at radius 1 is 1.08 bits per heavy atom. The van der Waals surface area contributed by atoms with Crippen molar-refractivity contribution < 1.29 is 9.47 Å². The second-order valence-corrected chi connectivity index (χ2v) is 3.30. The minimum atomic E-state index is 0.710. The highest BCUT2D eigenvalue weighted by Gasteiger charge is 2.25. The zero-order valence-electron chi connectivity index (χ0n) is 8.71. The molecule has 1 saturated heterocycles. The minimum Gasteiger partial charge on any atom is -0.329 e. The lowest BCUT2D eigenvalue weighted by atomic mass is 10.3. The Kier molecular flexibility index (Phi) is 5.35. The molecule has 0 spiro atoms. The number of nitrogens with zero attached hydrogens (tertiary/aromatic N) is 1. The van der Waals surface area contributed by atoms with E-state index in [4.69, 9.17) is 9.47 Å². The van der Waals surface area contributed by atoms with Gasteiger partial charge in [-0.25, -0.2) is 4.90 Å². The van der Waals surface area contributed by atoms with Gasteiger partial charge in [-0.2, -0.15) is 0 Å². The molecule has 0 aliphatic carbocycles. The Morgan fingerprint density at radius 2 is 1.77 bits per heavy atom. The van der Waals surface area contributed by atoms with Gasteiger partial charge >= 0.3 is 6.41 Å². The number of hydrogen-bond donors (Lipinski definition) is 0. The monoisotopic (exact) mass is 186 g/mol. The van der Waals surface area contributed by atoms with Crippen molar-refractivity contribution in [2.75, 3.05) is 26.3 Å². The third kappa shape index (κ3) is 3.63. The molecule has 1 aliphatic heterocycles. The molecule has 3 heteroatoms. The summed E-state index contributed by atoms with van der Waals surface area (Å²) < 4.78 is 10.8. The predicted molar refractivity (Wildman–Crippen MR) is 51.9 cm³/mol. The maximum Gasteiger partial charge on any atom is 0.303 e. The van der Waals surface area contributed by atoms with E-state index < -0.39 is 0 Å². The minimum absolute atomic E-state index is 0.710. The van der Waals surface area contributed by atoms with Gasteiger partial charge in [0.15, 0.2) is 0 Å². The van der Waals surface area contributed by atoms with Crippen LogP contribution in [0.3, 0.4) is 0 Å². The summed E-state index contributed by atoms with van der Waals surface area (Å²) in [4.78, 5) is 2.20. The van der Waals surface area contributed by atoms with Gasteiger partial charge in [0.2, 0.25) is 0 Å². The summed E-state index contributed by atoms with van der Waals surface area (Å²) in [5, 5.41) is 0. The van der Waals surface area contributed by atoms with E-state index in [2.05, 4.69) is 18.7 Å². The van der Waals surface area contributed by atoms with Crippen LogP contribution < -0.4 is 0 Å². The molecule has 0 unspecified atom stereocenters. The van der Waals surface area contributed by atoms with Crippen LogP contribution in [0.15, 0.2) is 0 Å². The van der Waals surface area contributed by atoms with Crippen LogP contribution in [-0.2, 0) is 9.47 Å². The molecule has 0 aromatic carbocycles. The fourth-order valence-electron chi connectivity index (χ4n) is 1.40. The lowest BCUT2D eigenvalue weighted by Gasteiger charge is -2.24. The zero-order chi connectivity index (χ0) is 9.52. The normalized spacial score (nSPS) is 18.7. The van der Waals surface area contributed by atoms with Crippen molar-refractivity contribution >= 4 is 0 Å². The predicted octanol–water partition coefficient (Wildman–Crippen LogP) is 1.99. The summed E-state index contributed by atoms with van der Waals surface area (Å²) in [6.07, 6.45) is 4.30. The molecular formula is C10H20NO2. The molecule has 0 N–H and O–H groups in total. The summed E-state index contributed by atoms with van der Waals surface area (Å²) in [5.74, 6) is 0. The first-order chi connectivity index (χ1) is 6.38. The zero-order valence-corrected chi connectivity index (χ0v) is 8.71. The van der Waals surface area contributed by atoms with Gasteiger partial charge in [-0.05, 0) is 12.8 Å². The lowest BCUT2D eigenvalue weighted by molar-refractivity contribution is -0.0431. The van der Waals surface area contributed by atoms with E-state index >= 15 is 0 Å². The summed E-state index contributed by atoms with van der Waals surface area (Å²) in [6, 6.07) is 0. The summed E-state index contributed by atoms with van der Waals surface area (Å²) in [5.41, 5.74) is 0. The van der Waals surface area contributed by atoms with Crippen molar-refractivity contribution in [3.63, 3.8) is 0 Å². The van der Waals surface area contributed by atoms with Gasteiger partial charge in [0.25, 0.3) is 0 Å². The Hall–Kier alpha value is -0.120. The van der Waals surface area contributed by atoms with Crippen LogP contribution in [0.25, 0.3) is 0 Å². The Bertz CT molecular complexity index is 124.